The van der Waals surface area contributed by atoms with E-state index in [-0.39, 0.29) is 5.92 Å². The van der Waals surface area contributed by atoms with Crippen molar-refractivity contribution in [3.05, 3.63) is 21.9 Å². The fourth-order valence-electron chi connectivity index (χ4n) is 1.12. The molecule has 0 amide bonds. The van der Waals surface area contributed by atoms with Crippen molar-refractivity contribution in [2.24, 2.45) is 5.73 Å². The first-order valence-corrected chi connectivity index (χ1v) is 4.79. The molecular formula is C8H11Cl2N3. The molecule has 72 valence electrons. The van der Waals surface area contributed by atoms with Crippen molar-refractivity contribution in [2.45, 2.75) is 19.3 Å². The lowest BCUT2D eigenvalue weighted by molar-refractivity contribution is 0.684. The van der Waals surface area contributed by atoms with E-state index >= 15 is 0 Å². The molecule has 0 fully saturated rings. The minimum Gasteiger partial charge on any atom is -0.330 e. The van der Waals surface area contributed by atoms with Crippen LogP contribution in [0, 0.1) is 0 Å². The van der Waals surface area contributed by atoms with E-state index in [2.05, 4.69) is 10.2 Å². The maximum absolute atomic E-state index is 5.85. The molecule has 0 aliphatic carbocycles. The van der Waals surface area contributed by atoms with Crippen LogP contribution in [0.3, 0.4) is 0 Å². The molecule has 0 spiro atoms. The Morgan fingerprint density at radius 3 is 2.77 bits per heavy atom. The fourth-order valence-corrected chi connectivity index (χ4v) is 1.55. The Labute approximate surface area is 87.2 Å². The van der Waals surface area contributed by atoms with Crippen LogP contribution in [0.25, 0.3) is 0 Å². The topological polar surface area (TPSA) is 51.8 Å². The molecule has 0 saturated carbocycles. The Bertz CT molecular complexity index is 291. The minimum absolute atomic E-state index is 0.269. The van der Waals surface area contributed by atoms with Crippen molar-refractivity contribution >= 4 is 23.2 Å². The molecule has 3 nitrogen and oxygen atoms in total. The van der Waals surface area contributed by atoms with Gasteiger partial charge >= 0.3 is 0 Å². The first kappa shape index (κ1) is 10.7. The Morgan fingerprint density at radius 1 is 1.46 bits per heavy atom. The minimum atomic E-state index is 0.269. The van der Waals surface area contributed by atoms with Gasteiger partial charge in [0.2, 0.25) is 0 Å². The Morgan fingerprint density at radius 2 is 2.15 bits per heavy atom. The van der Waals surface area contributed by atoms with E-state index in [1.165, 1.54) is 0 Å². The summed E-state index contributed by atoms with van der Waals surface area (Å²) in [6, 6.07) is 1.73. The van der Waals surface area contributed by atoms with Crippen LogP contribution in [0.4, 0.5) is 0 Å². The number of aromatic nitrogens is 2. The smallest absolute Gasteiger partial charge is 0.155 e. The summed E-state index contributed by atoms with van der Waals surface area (Å²) in [7, 11) is 0. The molecular weight excluding hydrogens is 209 g/mol. The average molecular weight is 220 g/mol. The molecule has 1 unspecified atom stereocenters. The average Bonchev–Trinajstić information content (AvgIpc) is 2.09. The molecule has 1 aromatic heterocycles. The zero-order chi connectivity index (χ0) is 9.84. The van der Waals surface area contributed by atoms with Crippen LogP contribution >= 0.6 is 23.2 Å². The van der Waals surface area contributed by atoms with Crippen molar-refractivity contribution in [1.82, 2.24) is 10.2 Å². The highest BCUT2D eigenvalue weighted by Crippen LogP contribution is 2.25. The van der Waals surface area contributed by atoms with Gasteiger partial charge in [0.1, 0.15) is 0 Å². The highest BCUT2D eigenvalue weighted by Gasteiger charge is 2.11. The van der Waals surface area contributed by atoms with Crippen LogP contribution in [0.15, 0.2) is 6.07 Å². The van der Waals surface area contributed by atoms with E-state index < -0.39 is 0 Å². The van der Waals surface area contributed by atoms with Crippen molar-refractivity contribution < 1.29 is 0 Å². The van der Waals surface area contributed by atoms with Gasteiger partial charge in [-0.15, -0.1) is 10.2 Å². The number of hydrogen-bond donors (Lipinski definition) is 1. The molecule has 2 N–H and O–H groups in total. The summed E-state index contributed by atoms with van der Waals surface area (Å²) in [5.74, 6) is 0.269. The van der Waals surface area contributed by atoms with Crippen molar-refractivity contribution in [3.63, 3.8) is 0 Å². The zero-order valence-corrected chi connectivity index (χ0v) is 8.81. The predicted molar refractivity (Wildman–Crippen MR) is 54.1 cm³/mol. The lowest BCUT2D eigenvalue weighted by Crippen LogP contribution is -2.06. The number of nitrogens with zero attached hydrogens (tertiary/aromatic N) is 2. The molecule has 1 aromatic rings. The highest BCUT2D eigenvalue weighted by molar-refractivity contribution is 6.31. The van der Waals surface area contributed by atoms with Gasteiger partial charge in [0.05, 0.1) is 0 Å². The van der Waals surface area contributed by atoms with E-state index in [1.807, 2.05) is 6.92 Å². The van der Waals surface area contributed by atoms with Crippen molar-refractivity contribution in [2.75, 3.05) is 6.54 Å². The van der Waals surface area contributed by atoms with Crippen LogP contribution < -0.4 is 5.73 Å². The standard InChI is InChI=1S/C8H11Cl2N3/c1-5(2-3-11)6-4-7(9)12-13-8(6)10/h4-5H,2-3,11H2,1H3. The number of hydrogen-bond acceptors (Lipinski definition) is 3. The van der Waals surface area contributed by atoms with E-state index in [1.54, 1.807) is 6.07 Å². The van der Waals surface area contributed by atoms with Gasteiger partial charge < -0.3 is 5.73 Å². The monoisotopic (exact) mass is 219 g/mol. The van der Waals surface area contributed by atoms with Gasteiger partial charge in [-0.1, -0.05) is 30.1 Å². The number of nitrogens with two attached hydrogens (primary N) is 1. The maximum atomic E-state index is 5.85. The second-order valence-electron chi connectivity index (χ2n) is 2.89. The molecule has 0 aliphatic rings. The summed E-state index contributed by atoms with van der Waals surface area (Å²) >= 11 is 11.6. The molecule has 0 aliphatic heterocycles. The van der Waals surface area contributed by atoms with Crippen LogP contribution in [0.2, 0.25) is 10.3 Å². The second kappa shape index (κ2) is 4.74. The fraction of sp³-hybridized carbons (Fsp3) is 0.500. The zero-order valence-electron chi connectivity index (χ0n) is 7.30. The normalized spacial score (nSPS) is 12.9. The van der Waals surface area contributed by atoms with Crippen LogP contribution in [0.1, 0.15) is 24.8 Å². The van der Waals surface area contributed by atoms with Gasteiger partial charge in [0.25, 0.3) is 0 Å². The van der Waals surface area contributed by atoms with E-state index in [9.17, 15) is 0 Å². The molecule has 13 heavy (non-hydrogen) atoms. The largest absolute Gasteiger partial charge is 0.330 e. The van der Waals surface area contributed by atoms with Crippen molar-refractivity contribution in [3.8, 4) is 0 Å². The molecule has 5 heteroatoms. The molecule has 1 heterocycles. The maximum Gasteiger partial charge on any atom is 0.155 e. The third kappa shape index (κ3) is 2.79. The Balaban J connectivity index is 2.91. The number of rotatable bonds is 3. The summed E-state index contributed by atoms with van der Waals surface area (Å²) in [5.41, 5.74) is 6.35. The van der Waals surface area contributed by atoms with Crippen molar-refractivity contribution in [1.29, 1.82) is 0 Å². The summed E-state index contributed by atoms with van der Waals surface area (Å²) in [6.45, 7) is 2.66. The van der Waals surface area contributed by atoms with E-state index in [0.717, 1.165) is 12.0 Å². The second-order valence-corrected chi connectivity index (χ2v) is 3.64. The summed E-state index contributed by atoms with van der Waals surface area (Å²) in [5, 5.41) is 8.13. The van der Waals surface area contributed by atoms with Crippen LogP contribution in [0.5, 0.6) is 0 Å². The SMILES string of the molecule is CC(CCN)c1cc(Cl)nnc1Cl. The third-order valence-corrected chi connectivity index (χ3v) is 2.36. The van der Waals surface area contributed by atoms with Gasteiger partial charge in [-0.3, -0.25) is 0 Å². The first-order valence-electron chi connectivity index (χ1n) is 4.04. The molecule has 1 rings (SSSR count). The van der Waals surface area contributed by atoms with Crippen LogP contribution in [-0.4, -0.2) is 16.7 Å². The molecule has 0 saturated heterocycles. The quantitative estimate of drug-likeness (QED) is 0.849. The van der Waals surface area contributed by atoms with Gasteiger partial charge in [-0.05, 0) is 30.5 Å². The molecule has 0 bridgehead atoms. The van der Waals surface area contributed by atoms with E-state index in [0.29, 0.717) is 16.9 Å². The lowest BCUT2D eigenvalue weighted by Gasteiger charge is -2.10. The number of halogens is 2. The lowest BCUT2D eigenvalue weighted by atomic mass is 10.0. The third-order valence-electron chi connectivity index (χ3n) is 1.88. The Hall–Kier alpha value is -0.380. The van der Waals surface area contributed by atoms with Gasteiger partial charge in [-0.25, -0.2) is 0 Å². The van der Waals surface area contributed by atoms with Gasteiger partial charge in [0.15, 0.2) is 10.3 Å². The van der Waals surface area contributed by atoms with Gasteiger partial charge in [0, 0.05) is 0 Å². The molecule has 0 radical (unpaired) electrons. The highest BCUT2D eigenvalue weighted by atomic mass is 35.5. The summed E-state index contributed by atoms with van der Waals surface area (Å²) in [6.07, 6.45) is 0.863. The van der Waals surface area contributed by atoms with Crippen LogP contribution in [-0.2, 0) is 0 Å². The molecule has 0 aromatic carbocycles. The summed E-state index contributed by atoms with van der Waals surface area (Å²) in [4.78, 5) is 0. The summed E-state index contributed by atoms with van der Waals surface area (Å²) < 4.78 is 0. The Kier molecular flexibility index (Phi) is 3.90. The molecule has 1 atom stereocenters. The van der Waals surface area contributed by atoms with Gasteiger partial charge in [-0.2, -0.15) is 0 Å². The predicted octanol–water partition coefficient (Wildman–Crippen LogP) is 2.24. The first-order chi connectivity index (χ1) is 6.15. The van der Waals surface area contributed by atoms with E-state index in [4.69, 9.17) is 28.9 Å².